The molecule has 0 bridgehead atoms. The fourth-order valence-electron chi connectivity index (χ4n) is 5.76. The van der Waals surface area contributed by atoms with Crippen LogP contribution in [-0.4, -0.2) is 43.0 Å². The molecule has 1 aromatic carbocycles. The summed E-state index contributed by atoms with van der Waals surface area (Å²) in [5.74, 6) is -0.0915. The Labute approximate surface area is 208 Å². The van der Waals surface area contributed by atoms with Gasteiger partial charge >= 0.3 is 5.97 Å². The van der Waals surface area contributed by atoms with E-state index in [1.807, 2.05) is 23.6 Å². The van der Waals surface area contributed by atoms with Crippen LogP contribution in [0, 0.1) is 11.3 Å². The molecule has 0 spiro atoms. The number of nitriles is 1. The molecule has 1 saturated heterocycles. The molecule has 1 aromatic heterocycles. The third kappa shape index (κ3) is 5.03. The van der Waals surface area contributed by atoms with Gasteiger partial charge < -0.3 is 9.30 Å². The predicted octanol–water partition coefficient (Wildman–Crippen LogP) is 4.52. The molecule has 2 heterocycles. The number of benzene rings is 1. The number of sulfonamides is 1. The first-order valence-corrected chi connectivity index (χ1v) is 14.2. The Bertz CT molecular complexity index is 1210. The van der Waals surface area contributed by atoms with Crippen LogP contribution >= 0.6 is 0 Å². The Kier molecular flexibility index (Phi) is 7.98. The first kappa shape index (κ1) is 25.5. The molecule has 1 saturated carbocycles. The van der Waals surface area contributed by atoms with Gasteiger partial charge in [0.15, 0.2) is 0 Å². The summed E-state index contributed by atoms with van der Waals surface area (Å²) in [6, 6.07) is 9.57. The normalized spacial score (nSPS) is 17.1. The topological polar surface area (TPSA) is 92.4 Å². The summed E-state index contributed by atoms with van der Waals surface area (Å²) in [6.07, 6.45) is 6.92. The fraction of sp³-hybridized carbons (Fsp3) is 0.556. The van der Waals surface area contributed by atoms with Crippen LogP contribution < -0.4 is 0 Å². The Morgan fingerprint density at radius 1 is 1.11 bits per heavy atom. The second kappa shape index (κ2) is 11.0. The van der Waals surface area contributed by atoms with Crippen LogP contribution in [0.3, 0.4) is 0 Å². The quantitative estimate of drug-likeness (QED) is 0.475. The minimum absolute atomic E-state index is 0.0747. The molecule has 1 aliphatic heterocycles. The average Bonchev–Trinajstić information content (AvgIpc) is 3.61. The van der Waals surface area contributed by atoms with Gasteiger partial charge in [-0.2, -0.15) is 9.57 Å². The maximum absolute atomic E-state index is 13.4. The maximum Gasteiger partial charge on any atom is 0.325 e. The lowest BCUT2D eigenvalue weighted by molar-refractivity contribution is -0.143. The molecule has 2 fully saturated rings. The van der Waals surface area contributed by atoms with E-state index in [-0.39, 0.29) is 18.4 Å². The minimum Gasteiger partial charge on any atom is -0.465 e. The molecular weight excluding hydrogens is 462 g/mol. The van der Waals surface area contributed by atoms with Crippen LogP contribution in [0.25, 0.3) is 0 Å². The molecule has 8 heteroatoms. The van der Waals surface area contributed by atoms with E-state index in [4.69, 9.17) is 4.74 Å². The van der Waals surface area contributed by atoms with Crippen molar-refractivity contribution in [1.82, 2.24) is 8.87 Å². The van der Waals surface area contributed by atoms with Gasteiger partial charge in [0.2, 0.25) is 10.0 Å². The van der Waals surface area contributed by atoms with E-state index in [0.29, 0.717) is 48.6 Å². The number of carbonyl (C=O) groups is 1. The fourth-order valence-corrected chi connectivity index (χ4v) is 7.50. The number of esters is 1. The van der Waals surface area contributed by atoms with Crippen molar-refractivity contribution in [2.75, 3.05) is 19.7 Å². The van der Waals surface area contributed by atoms with Crippen molar-refractivity contribution in [3.63, 3.8) is 0 Å². The number of rotatable bonds is 9. The van der Waals surface area contributed by atoms with Crippen LogP contribution in [0.1, 0.15) is 86.4 Å². The van der Waals surface area contributed by atoms with Crippen LogP contribution in [0.2, 0.25) is 0 Å². The molecule has 35 heavy (non-hydrogen) atoms. The first-order valence-electron chi connectivity index (χ1n) is 12.8. The van der Waals surface area contributed by atoms with Crippen LogP contribution in [-0.2, 0) is 38.9 Å². The highest BCUT2D eigenvalue weighted by Crippen LogP contribution is 2.40. The standard InChI is InChI=1S/C27H35N3O4S/c1-3-24-22(17-21-13-7-8-14-25(21)35(32,33)29-15-9-10-16-29)23(18-28)27(20-11-5-6-12-20)30(24)19-26(31)34-4-2/h7-8,13-14,20H,3-6,9-12,15-17,19H2,1-2H3. The Balaban J connectivity index is 1.83. The van der Waals surface area contributed by atoms with Crippen molar-refractivity contribution in [3.05, 3.63) is 52.3 Å². The molecule has 7 nitrogen and oxygen atoms in total. The Morgan fingerprint density at radius 2 is 1.80 bits per heavy atom. The zero-order chi connectivity index (χ0) is 25.0. The zero-order valence-electron chi connectivity index (χ0n) is 20.8. The van der Waals surface area contributed by atoms with E-state index in [1.165, 1.54) is 0 Å². The van der Waals surface area contributed by atoms with Gasteiger partial charge in [-0.05, 0) is 56.2 Å². The number of ether oxygens (including phenoxy) is 1. The molecule has 1 aliphatic carbocycles. The maximum atomic E-state index is 13.4. The predicted molar refractivity (Wildman–Crippen MR) is 134 cm³/mol. The van der Waals surface area contributed by atoms with E-state index < -0.39 is 10.0 Å². The smallest absolute Gasteiger partial charge is 0.325 e. The van der Waals surface area contributed by atoms with Gasteiger partial charge in [-0.1, -0.05) is 38.0 Å². The van der Waals surface area contributed by atoms with Gasteiger partial charge in [-0.3, -0.25) is 4.79 Å². The largest absolute Gasteiger partial charge is 0.465 e. The summed E-state index contributed by atoms with van der Waals surface area (Å²) in [7, 11) is -3.60. The third-order valence-electron chi connectivity index (χ3n) is 7.33. The molecule has 4 rings (SSSR count). The number of hydrogen-bond acceptors (Lipinski definition) is 5. The van der Waals surface area contributed by atoms with Gasteiger partial charge in [0.25, 0.3) is 0 Å². The van der Waals surface area contributed by atoms with Crippen molar-refractivity contribution in [3.8, 4) is 6.07 Å². The summed E-state index contributed by atoms with van der Waals surface area (Å²) in [5.41, 5.74) is 3.98. The molecule has 0 N–H and O–H groups in total. The van der Waals surface area contributed by atoms with E-state index in [1.54, 1.807) is 23.4 Å². The molecule has 188 valence electrons. The van der Waals surface area contributed by atoms with Crippen LogP contribution in [0.15, 0.2) is 29.2 Å². The minimum atomic E-state index is -3.60. The highest BCUT2D eigenvalue weighted by molar-refractivity contribution is 7.89. The molecule has 0 atom stereocenters. The summed E-state index contributed by atoms with van der Waals surface area (Å²) < 4.78 is 35.7. The van der Waals surface area contributed by atoms with Crippen LogP contribution in [0.5, 0.6) is 0 Å². The van der Waals surface area contributed by atoms with Gasteiger partial charge in [0.05, 0.1) is 17.1 Å². The van der Waals surface area contributed by atoms with E-state index in [0.717, 1.165) is 55.5 Å². The van der Waals surface area contributed by atoms with Gasteiger partial charge in [-0.15, -0.1) is 0 Å². The Morgan fingerprint density at radius 3 is 2.43 bits per heavy atom. The molecular formula is C27H35N3O4S. The lowest BCUT2D eigenvalue weighted by Gasteiger charge is -2.18. The third-order valence-corrected chi connectivity index (χ3v) is 9.33. The lowest BCUT2D eigenvalue weighted by Crippen LogP contribution is -2.28. The van der Waals surface area contributed by atoms with Crippen molar-refractivity contribution in [2.24, 2.45) is 0 Å². The van der Waals surface area contributed by atoms with Crippen molar-refractivity contribution >= 4 is 16.0 Å². The molecule has 2 aromatic rings. The second-order valence-corrected chi connectivity index (χ2v) is 11.3. The highest BCUT2D eigenvalue weighted by Gasteiger charge is 2.33. The van der Waals surface area contributed by atoms with E-state index >= 15 is 0 Å². The average molecular weight is 498 g/mol. The SMILES string of the molecule is CCOC(=O)Cn1c(CC)c(Cc2ccccc2S(=O)(=O)N2CCCC2)c(C#N)c1C1CCCC1. The van der Waals surface area contributed by atoms with Crippen molar-refractivity contribution in [2.45, 2.75) is 82.6 Å². The summed E-state index contributed by atoms with van der Waals surface area (Å²) in [6.45, 7) is 5.28. The summed E-state index contributed by atoms with van der Waals surface area (Å²) in [4.78, 5) is 12.9. The highest BCUT2D eigenvalue weighted by atomic mass is 32.2. The molecule has 0 amide bonds. The van der Waals surface area contributed by atoms with Crippen molar-refractivity contribution < 1.29 is 17.9 Å². The first-order chi connectivity index (χ1) is 16.9. The molecule has 0 unspecified atom stereocenters. The van der Waals surface area contributed by atoms with E-state index in [2.05, 4.69) is 6.07 Å². The molecule has 0 radical (unpaired) electrons. The summed E-state index contributed by atoms with van der Waals surface area (Å²) in [5, 5.41) is 10.3. The number of hydrogen-bond donors (Lipinski definition) is 0. The zero-order valence-corrected chi connectivity index (χ0v) is 21.6. The number of aromatic nitrogens is 1. The van der Waals surface area contributed by atoms with Gasteiger partial charge in [-0.25, -0.2) is 8.42 Å². The number of nitrogens with zero attached hydrogens (tertiary/aromatic N) is 3. The van der Waals surface area contributed by atoms with E-state index in [9.17, 15) is 18.5 Å². The Hall–Kier alpha value is -2.63. The monoisotopic (exact) mass is 497 g/mol. The second-order valence-electron chi connectivity index (χ2n) is 9.42. The van der Waals surface area contributed by atoms with Gasteiger partial charge in [0.1, 0.15) is 12.6 Å². The van der Waals surface area contributed by atoms with Gasteiger partial charge in [0, 0.05) is 36.8 Å². The molecule has 2 aliphatic rings. The van der Waals surface area contributed by atoms with Crippen molar-refractivity contribution in [1.29, 1.82) is 5.26 Å². The number of carbonyl (C=O) groups excluding carboxylic acids is 1. The summed E-state index contributed by atoms with van der Waals surface area (Å²) >= 11 is 0. The lowest BCUT2D eigenvalue weighted by atomic mass is 9.95. The van der Waals surface area contributed by atoms with Crippen LogP contribution in [0.4, 0.5) is 0 Å².